The van der Waals surface area contributed by atoms with Crippen molar-refractivity contribution in [3.8, 4) is 0 Å². The summed E-state index contributed by atoms with van der Waals surface area (Å²) >= 11 is 0. The molecule has 2 rings (SSSR count). The predicted octanol–water partition coefficient (Wildman–Crippen LogP) is -0.767. The van der Waals surface area contributed by atoms with Gasteiger partial charge >= 0.3 is 0 Å². The molecule has 0 spiro atoms. The molecule has 0 aromatic rings. The van der Waals surface area contributed by atoms with E-state index in [0.29, 0.717) is 0 Å². The zero-order valence-corrected chi connectivity index (χ0v) is 12.1. The van der Waals surface area contributed by atoms with E-state index in [2.05, 4.69) is 10.0 Å². The maximum absolute atomic E-state index is 12.1. The van der Waals surface area contributed by atoms with E-state index < -0.39 is 25.1 Å². The van der Waals surface area contributed by atoms with Crippen LogP contribution in [0.4, 0.5) is 0 Å². The van der Waals surface area contributed by atoms with Gasteiger partial charge in [-0.15, -0.1) is 0 Å². The fraction of sp³-hybridized carbons (Fsp3) is 1.00. The van der Waals surface area contributed by atoms with Crippen molar-refractivity contribution in [3.63, 3.8) is 0 Å². The van der Waals surface area contributed by atoms with Crippen molar-refractivity contribution in [2.75, 3.05) is 18.1 Å². The molecule has 3 atom stereocenters. The fourth-order valence-electron chi connectivity index (χ4n) is 2.52. The Morgan fingerprint density at radius 3 is 2.56 bits per heavy atom. The van der Waals surface area contributed by atoms with Gasteiger partial charge in [0.05, 0.1) is 16.8 Å². The summed E-state index contributed by atoms with van der Waals surface area (Å²) < 4.78 is 49.6. The van der Waals surface area contributed by atoms with Crippen LogP contribution in [-0.4, -0.2) is 52.2 Å². The third-order valence-corrected chi connectivity index (χ3v) is 7.60. The summed E-state index contributed by atoms with van der Waals surface area (Å²) in [6.07, 6.45) is 1.94. The van der Waals surface area contributed by atoms with Crippen molar-refractivity contribution >= 4 is 19.9 Å². The van der Waals surface area contributed by atoms with E-state index in [9.17, 15) is 16.8 Å². The van der Waals surface area contributed by atoms with Gasteiger partial charge in [0.25, 0.3) is 0 Å². The number of sulfone groups is 1. The lowest BCUT2D eigenvalue weighted by atomic mass is 10.0. The number of sulfonamides is 1. The van der Waals surface area contributed by atoms with E-state index >= 15 is 0 Å². The highest BCUT2D eigenvalue weighted by atomic mass is 32.2. The highest BCUT2D eigenvalue weighted by Gasteiger charge is 2.38. The molecule has 0 radical (unpaired) electrons. The molecule has 2 aliphatic heterocycles. The van der Waals surface area contributed by atoms with Crippen LogP contribution in [0.5, 0.6) is 0 Å². The highest BCUT2D eigenvalue weighted by Crippen LogP contribution is 2.20. The van der Waals surface area contributed by atoms with Crippen LogP contribution in [0.15, 0.2) is 0 Å². The molecule has 3 unspecified atom stereocenters. The molecule has 0 bridgehead atoms. The summed E-state index contributed by atoms with van der Waals surface area (Å²) in [6, 6.07) is -0.0430. The highest BCUT2D eigenvalue weighted by molar-refractivity contribution is 7.95. The van der Waals surface area contributed by atoms with Crippen molar-refractivity contribution in [1.82, 2.24) is 10.0 Å². The standard InChI is InChI=1S/C10H20N2O4S2/c1-8-10(3-2-5-11-8)12-18(15,16)9-4-6-17(13,14)7-9/h8-12H,2-7H2,1H3. The molecule has 0 saturated carbocycles. The van der Waals surface area contributed by atoms with E-state index in [1.807, 2.05) is 6.92 Å². The summed E-state index contributed by atoms with van der Waals surface area (Å²) in [7, 11) is -6.70. The number of rotatable bonds is 3. The first-order chi connectivity index (χ1) is 8.30. The third-order valence-electron chi connectivity index (χ3n) is 3.71. The van der Waals surface area contributed by atoms with Gasteiger partial charge in [-0.1, -0.05) is 0 Å². The predicted molar refractivity (Wildman–Crippen MR) is 69.6 cm³/mol. The summed E-state index contributed by atoms with van der Waals surface area (Å²) in [6.45, 7) is 2.84. The molecule has 18 heavy (non-hydrogen) atoms. The largest absolute Gasteiger partial charge is 0.313 e. The minimum atomic E-state index is -3.53. The normalized spacial score (nSPS) is 36.6. The smallest absolute Gasteiger partial charge is 0.215 e. The number of piperidine rings is 1. The molecule has 6 nitrogen and oxygen atoms in total. The van der Waals surface area contributed by atoms with E-state index in [1.165, 1.54) is 0 Å². The van der Waals surface area contributed by atoms with E-state index in [-0.39, 0.29) is 30.0 Å². The van der Waals surface area contributed by atoms with Crippen LogP contribution in [-0.2, 0) is 19.9 Å². The van der Waals surface area contributed by atoms with Gasteiger partial charge in [-0.3, -0.25) is 0 Å². The molecule has 2 N–H and O–H groups in total. The Morgan fingerprint density at radius 2 is 2.00 bits per heavy atom. The molecule has 0 aliphatic carbocycles. The van der Waals surface area contributed by atoms with Gasteiger partial charge in [-0.25, -0.2) is 21.6 Å². The van der Waals surface area contributed by atoms with Crippen LogP contribution in [0.25, 0.3) is 0 Å². The number of hydrogen-bond acceptors (Lipinski definition) is 5. The summed E-state index contributed by atoms with van der Waals surface area (Å²) in [4.78, 5) is 0. The summed E-state index contributed by atoms with van der Waals surface area (Å²) in [5.41, 5.74) is 0. The average molecular weight is 296 g/mol. The molecule has 8 heteroatoms. The molecule has 2 aliphatic rings. The second kappa shape index (κ2) is 5.07. The van der Waals surface area contributed by atoms with Gasteiger partial charge in [0, 0.05) is 12.1 Å². The Kier molecular flexibility index (Phi) is 4.01. The van der Waals surface area contributed by atoms with E-state index in [1.54, 1.807) is 0 Å². The molecule has 0 aromatic heterocycles. The maximum atomic E-state index is 12.1. The third kappa shape index (κ3) is 3.23. The minimum absolute atomic E-state index is 0.0168. The average Bonchev–Trinajstić information content (AvgIpc) is 2.63. The fourth-order valence-corrected chi connectivity index (χ4v) is 6.91. The molecule has 0 aromatic carbocycles. The van der Waals surface area contributed by atoms with Crippen molar-refractivity contribution in [2.24, 2.45) is 0 Å². The topological polar surface area (TPSA) is 92.3 Å². The second-order valence-electron chi connectivity index (χ2n) is 5.18. The Morgan fingerprint density at radius 1 is 1.28 bits per heavy atom. The SMILES string of the molecule is CC1NCCCC1NS(=O)(=O)C1CCS(=O)(=O)C1. The first-order valence-corrected chi connectivity index (χ1v) is 9.62. The molecular formula is C10H20N2O4S2. The van der Waals surface area contributed by atoms with Crippen LogP contribution in [0, 0.1) is 0 Å². The van der Waals surface area contributed by atoms with Gasteiger partial charge in [0.15, 0.2) is 9.84 Å². The first-order valence-electron chi connectivity index (χ1n) is 6.25. The quantitative estimate of drug-likeness (QED) is 0.714. The van der Waals surface area contributed by atoms with Crippen LogP contribution in [0.3, 0.4) is 0 Å². The van der Waals surface area contributed by atoms with Crippen molar-refractivity contribution in [3.05, 3.63) is 0 Å². The number of nitrogens with one attached hydrogen (secondary N) is 2. The monoisotopic (exact) mass is 296 g/mol. The van der Waals surface area contributed by atoms with Gasteiger partial charge in [-0.2, -0.15) is 0 Å². The Bertz CT molecular complexity index is 500. The lowest BCUT2D eigenvalue weighted by Crippen LogP contribution is -2.53. The molecule has 0 amide bonds. The van der Waals surface area contributed by atoms with Gasteiger partial charge < -0.3 is 5.32 Å². The minimum Gasteiger partial charge on any atom is -0.313 e. The Hall–Kier alpha value is -0.180. The van der Waals surface area contributed by atoms with Gasteiger partial charge in [-0.05, 0) is 32.7 Å². The Balaban J connectivity index is 2.03. The van der Waals surface area contributed by atoms with Crippen molar-refractivity contribution in [2.45, 2.75) is 43.5 Å². The van der Waals surface area contributed by atoms with Crippen molar-refractivity contribution < 1.29 is 16.8 Å². The van der Waals surface area contributed by atoms with Crippen molar-refractivity contribution in [1.29, 1.82) is 0 Å². The van der Waals surface area contributed by atoms with E-state index in [0.717, 1.165) is 19.4 Å². The van der Waals surface area contributed by atoms with Crippen LogP contribution in [0.2, 0.25) is 0 Å². The summed E-state index contributed by atoms with van der Waals surface area (Å²) in [5.74, 6) is -0.256. The van der Waals surface area contributed by atoms with E-state index in [4.69, 9.17) is 0 Å². The summed E-state index contributed by atoms with van der Waals surface area (Å²) in [5, 5.41) is 2.44. The lowest BCUT2D eigenvalue weighted by Gasteiger charge is -2.31. The zero-order chi connectivity index (χ0) is 13.4. The molecule has 2 saturated heterocycles. The number of hydrogen-bond donors (Lipinski definition) is 2. The maximum Gasteiger partial charge on any atom is 0.215 e. The lowest BCUT2D eigenvalue weighted by molar-refractivity contribution is 0.348. The second-order valence-corrected chi connectivity index (χ2v) is 9.40. The zero-order valence-electron chi connectivity index (χ0n) is 10.4. The molecule has 2 fully saturated rings. The molecule has 2 heterocycles. The van der Waals surface area contributed by atoms with Gasteiger partial charge in [0.1, 0.15) is 0 Å². The van der Waals surface area contributed by atoms with Crippen LogP contribution < -0.4 is 10.0 Å². The molecular weight excluding hydrogens is 276 g/mol. The first kappa shape index (κ1) is 14.2. The Labute approximate surface area is 108 Å². The molecule has 106 valence electrons. The van der Waals surface area contributed by atoms with Crippen LogP contribution >= 0.6 is 0 Å². The van der Waals surface area contributed by atoms with Gasteiger partial charge in [0.2, 0.25) is 10.0 Å². The van der Waals surface area contributed by atoms with Crippen LogP contribution in [0.1, 0.15) is 26.2 Å².